The van der Waals surface area contributed by atoms with Crippen molar-refractivity contribution in [3.05, 3.63) is 88.6 Å². The average molecular weight is 435 g/mol. The first-order valence-electron chi connectivity index (χ1n) is 11.6. The number of nitrogens with one attached hydrogen (secondary N) is 2. The normalized spacial score (nSPS) is 18.8. The molecule has 166 valence electrons. The van der Waals surface area contributed by atoms with E-state index in [0.717, 1.165) is 44.6 Å². The molecule has 3 nitrogen and oxygen atoms in total. The maximum Gasteiger partial charge on any atom is 0.0831 e. The smallest absolute Gasteiger partial charge is 0.0831 e. The van der Waals surface area contributed by atoms with Gasteiger partial charge in [0, 0.05) is 45.4 Å². The van der Waals surface area contributed by atoms with Crippen molar-refractivity contribution < 1.29 is 5.11 Å². The number of hydrogen-bond acceptors (Lipinski definition) is 2. The summed E-state index contributed by atoms with van der Waals surface area (Å²) in [4.78, 5) is 3.48. The third kappa shape index (κ3) is 3.52. The van der Waals surface area contributed by atoms with Gasteiger partial charge in [-0.1, -0.05) is 55.2 Å². The third-order valence-corrected chi connectivity index (χ3v) is 7.00. The van der Waals surface area contributed by atoms with Gasteiger partial charge in [-0.05, 0) is 62.6 Å². The Morgan fingerprint density at radius 3 is 2.42 bits per heavy atom. The van der Waals surface area contributed by atoms with Crippen LogP contribution in [-0.2, 0) is 0 Å². The van der Waals surface area contributed by atoms with Crippen LogP contribution in [0.5, 0.6) is 0 Å². The molecule has 4 aromatic rings. The van der Waals surface area contributed by atoms with E-state index in [0.29, 0.717) is 0 Å². The van der Waals surface area contributed by atoms with E-state index in [1.165, 1.54) is 10.9 Å². The second kappa shape index (κ2) is 7.83. The lowest BCUT2D eigenvalue weighted by atomic mass is 9.75. The van der Waals surface area contributed by atoms with Gasteiger partial charge in [-0.15, -0.1) is 0 Å². The highest BCUT2D eigenvalue weighted by atomic mass is 16.3. The van der Waals surface area contributed by atoms with Crippen LogP contribution in [0.2, 0.25) is 0 Å². The molecular weight excluding hydrogens is 404 g/mol. The maximum atomic E-state index is 11.2. The summed E-state index contributed by atoms with van der Waals surface area (Å²) in [5, 5.41) is 16.0. The van der Waals surface area contributed by atoms with Crippen LogP contribution in [-0.4, -0.2) is 21.7 Å². The first-order valence-corrected chi connectivity index (χ1v) is 11.6. The van der Waals surface area contributed by atoms with Gasteiger partial charge in [0.25, 0.3) is 0 Å². The Kier molecular flexibility index (Phi) is 5.07. The number of aromatic amines is 1. The molecule has 2 heterocycles. The predicted molar refractivity (Wildman–Crippen MR) is 138 cm³/mol. The van der Waals surface area contributed by atoms with Crippen LogP contribution in [0.3, 0.4) is 0 Å². The molecule has 0 radical (unpaired) electrons. The predicted octanol–water partition coefficient (Wildman–Crippen LogP) is 6.52. The van der Waals surface area contributed by atoms with Crippen LogP contribution in [0, 0.1) is 25.7 Å². The van der Waals surface area contributed by atoms with Gasteiger partial charge in [0.05, 0.1) is 17.2 Å². The number of benzene rings is 3. The van der Waals surface area contributed by atoms with Crippen molar-refractivity contribution in [3.63, 3.8) is 0 Å². The lowest BCUT2D eigenvalue weighted by Crippen LogP contribution is -2.50. The minimum absolute atomic E-state index is 0.0560. The zero-order valence-corrected chi connectivity index (χ0v) is 19.9. The molecule has 3 N–H and O–H groups in total. The molecule has 0 saturated heterocycles. The van der Waals surface area contributed by atoms with Crippen molar-refractivity contribution in [2.45, 2.75) is 52.2 Å². The Morgan fingerprint density at radius 1 is 0.909 bits per heavy atom. The molecule has 0 bridgehead atoms. The summed E-state index contributed by atoms with van der Waals surface area (Å²) in [5.41, 5.74) is 9.47. The number of H-pyrrole nitrogens is 1. The molecule has 0 amide bonds. The van der Waals surface area contributed by atoms with Crippen LogP contribution in [0.25, 0.3) is 22.0 Å². The number of para-hydroxylation sites is 1. The number of anilines is 1. The van der Waals surface area contributed by atoms with Gasteiger partial charge >= 0.3 is 0 Å². The van der Waals surface area contributed by atoms with E-state index >= 15 is 0 Å². The number of rotatable bonds is 1. The average Bonchev–Trinajstić information content (AvgIpc) is 3.19. The molecule has 5 rings (SSSR count). The number of aryl methyl sites for hydroxylation is 2. The molecule has 0 fully saturated rings. The van der Waals surface area contributed by atoms with E-state index < -0.39 is 11.6 Å². The lowest BCUT2D eigenvalue weighted by Gasteiger charge is -2.43. The Balaban J connectivity index is 1.83. The molecule has 1 aliphatic rings. The molecule has 0 spiro atoms. The number of aliphatic hydroxyl groups is 1. The zero-order valence-electron chi connectivity index (χ0n) is 19.9. The summed E-state index contributed by atoms with van der Waals surface area (Å²) in [6.07, 6.45) is 1.53. The fourth-order valence-corrected chi connectivity index (χ4v) is 5.17. The minimum atomic E-state index is -0.527. The van der Waals surface area contributed by atoms with Crippen LogP contribution in [0.4, 0.5) is 5.69 Å². The fourth-order valence-electron chi connectivity index (χ4n) is 5.17. The van der Waals surface area contributed by atoms with Crippen molar-refractivity contribution in [2.24, 2.45) is 0 Å². The third-order valence-electron chi connectivity index (χ3n) is 7.00. The number of aliphatic hydroxyl groups excluding tert-OH is 1. The van der Waals surface area contributed by atoms with E-state index in [4.69, 9.17) is 0 Å². The molecule has 0 aliphatic carbocycles. The number of hydrogen-bond donors (Lipinski definition) is 3. The lowest BCUT2D eigenvalue weighted by molar-refractivity contribution is 0.0868. The quantitative estimate of drug-likeness (QED) is 0.299. The Hall–Kier alpha value is -3.48. The first kappa shape index (κ1) is 21.4. The van der Waals surface area contributed by atoms with Gasteiger partial charge in [-0.25, -0.2) is 0 Å². The van der Waals surface area contributed by atoms with Gasteiger partial charge in [0.2, 0.25) is 0 Å². The monoisotopic (exact) mass is 434 g/mol. The Morgan fingerprint density at radius 2 is 1.67 bits per heavy atom. The van der Waals surface area contributed by atoms with Crippen LogP contribution < -0.4 is 5.32 Å². The van der Waals surface area contributed by atoms with Crippen LogP contribution >= 0.6 is 0 Å². The largest absolute Gasteiger partial charge is 0.390 e. The summed E-state index contributed by atoms with van der Waals surface area (Å²) in [6, 6.07) is 18.7. The Bertz CT molecular complexity index is 1420. The summed E-state index contributed by atoms with van der Waals surface area (Å²) in [7, 11) is 0. The topological polar surface area (TPSA) is 48.0 Å². The van der Waals surface area contributed by atoms with Crippen LogP contribution in [0.15, 0.2) is 60.8 Å². The molecule has 3 heteroatoms. The maximum absolute atomic E-state index is 11.2. The summed E-state index contributed by atoms with van der Waals surface area (Å²) in [6.45, 7) is 10.5. The summed E-state index contributed by atoms with van der Waals surface area (Å²) in [5.74, 6) is 6.84. The van der Waals surface area contributed by atoms with Gasteiger partial charge in [0.15, 0.2) is 0 Å². The molecule has 3 aromatic carbocycles. The van der Waals surface area contributed by atoms with Crippen molar-refractivity contribution in [1.82, 2.24) is 4.98 Å². The van der Waals surface area contributed by atoms with E-state index in [-0.39, 0.29) is 5.92 Å². The molecule has 0 unspecified atom stereocenters. The number of aromatic nitrogens is 1. The zero-order chi connectivity index (χ0) is 23.3. The fraction of sp³-hybridized carbons (Fsp3) is 0.267. The van der Waals surface area contributed by atoms with E-state index in [1.54, 1.807) is 0 Å². The molecule has 33 heavy (non-hydrogen) atoms. The summed E-state index contributed by atoms with van der Waals surface area (Å²) >= 11 is 0. The SMILES string of the molecule is Cc1cc(-c2cccc3c(C)c[nH]c23)c(C#Cc2ccccc2)c2c1NC(C)(C)[C@@H](O)[C@@H]2C. The summed E-state index contributed by atoms with van der Waals surface area (Å²) < 4.78 is 0. The second-order valence-corrected chi connectivity index (χ2v) is 9.80. The van der Waals surface area contributed by atoms with E-state index in [9.17, 15) is 5.11 Å². The standard InChI is InChI=1S/C30H30N2O/c1-18-16-25(24-13-9-12-22-19(2)17-31-28(22)24)23(15-14-21-10-7-6-8-11-21)26-20(3)29(33)30(4,5)32-27(18)26/h6-13,16-17,20,29,31-33H,1-5H3/t20-,29+/m1/s1. The van der Waals surface area contributed by atoms with Gasteiger partial charge in [-0.3, -0.25) is 0 Å². The van der Waals surface area contributed by atoms with Gasteiger partial charge < -0.3 is 15.4 Å². The number of fused-ring (bicyclic) bond motifs is 2. The van der Waals surface area contributed by atoms with E-state index in [1.807, 2.05) is 30.3 Å². The van der Waals surface area contributed by atoms with Gasteiger partial charge in [-0.2, -0.15) is 0 Å². The molecule has 0 saturated carbocycles. The highest BCUT2D eigenvalue weighted by Crippen LogP contribution is 2.46. The Labute approximate surface area is 195 Å². The van der Waals surface area contributed by atoms with Gasteiger partial charge in [0.1, 0.15) is 0 Å². The highest BCUT2D eigenvalue weighted by molar-refractivity contribution is 5.98. The molecule has 2 atom stereocenters. The van der Waals surface area contributed by atoms with Crippen LogP contribution in [0.1, 0.15) is 54.5 Å². The van der Waals surface area contributed by atoms with Crippen molar-refractivity contribution >= 4 is 16.6 Å². The van der Waals surface area contributed by atoms with Crippen molar-refractivity contribution in [3.8, 4) is 23.0 Å². The van der Waals surface area contributed by atoms with E-state index in [2.05, 4.69) is 87.2 Å². The molecular formula is C30H30N2O. The minimum Gasteiger partial charge on any atom is -0.390 e. The van der Waals surface area contributed by atoms with Crippen molar-refractivity contribution in [2.75, 3.05) is 5.32 Å². The van der Waals surface area contributed by atoms with Crippen molar-refractivity contribution in [1.29, 1.82) is 0 Å². The molecule has 1 aliphatic heterocycles. The molecule has 1 aromatic heterocycles. The second-order valence-electron chi connectivity index (χ2n) is 9.80. The highest BCUT2D eigenvalue weighted by Gasteiger charge is 2.40. The first-order chi connectivity index (χ1) is 15.8.